The van der Waals surface area contributed by atoms with E-state index in [1.54, 1.807) is 0 Å². The summed E-state index contributed by atoms with van der Waals surface area (Å²) >= 11 is 0. The largest absolute Gasteiger partial charge is 0.392 e. The molecule has 2 heterocycles. The van der Waals surface area contributed by atoms with Crippen LogP contribution in [0.4, 0.5) is 5.82 Å². The van der Waals surface area contributed by atoms with Crippen LogP contribution in [0, 0.1) is 0 Å². The van der Waals surface area contributed by atoms with Crippen LogP contribution in [-0.2, 0) is 13.0 Å². The SMILES string of the molecule is CCCc1cc(CO)cc(N2CCCC2C)n1. The monoisotopic (exact) mass is 234 g/mol. The van der Waals surface area contributed by atoms with Gasteiger partial charge in [-0.2, -0.15) is 0 Å². The Morgan fingerprint density at radius 1 is 1.47 bits per heavy atom. The van der Waals surface area contributed by atoms with Gasteiger partial charge in [0.15, 0.2) is 0 Å². The quantitative estimate of drug-likeness (QED) is 0.869. The zero-order valence-electron chi connectivity index (χ0n) is 10.8. The smallest absolute Gasteiger partial charge is 0.129 e. The van der Waals surface area contributed by atoms with Crippen LogP contribution in [0.5, 0.6) is 0 Å². The third-order valence-corrected chi connectivity index (χ3v) is 3.46. The summed E-state index contributed by atoms with van der Waals surface area (Å²) in [6, 6.07) is 4.63. The third kappa shape index (κ3) is 2.78. The van der Waals surface area contributed by atoms with Gasteiger partial charge in [-0.15, -0.1) is 0 Å². The molecule has 3 nitrogen and oxygen atoms in total. The summed E-state index contributed by atoms with van der Waals surface area (Å²) in [6.07, 6.45) is 4.57. The lowest BCUT2D eigenvalue weighted by atomic mass is 10.1. The summed E-state index contributed by atoms with van der Waals surface area (Å²) in [4.78, 5) is 7.08. The number of aromatic nitrogens is 1. The highest BCUT2D eigenvalue weighted by Crippen LogP contribution is 2.25. The normalized spacial score (nSPS) is 19.9. The first-order chi connectivity index (χ1) is 8.24. The van der Waals surface area contributed by atoms with Gasteiger partial charge in [-0.05, 0) is 43.9 Å². The fourth-order valence-corrected chi connectivity index (χ4v) is 2.53. The molecule has 1 atom stereocenters. The Bertz CT molecular complexity index is 378. The number of aryl methyl sites for hydroxylation is 1. The van der Waals surface area contributed by atoms with Crippen LogP contribution in [-0.4, -0.2) is 22.7 Å². The van der Waals surface area contributed by atoms with Crippen LogP contribution in [0.3, 0.4) is 0 Å². The van der Waals surface area contributed by atoms with E-state index in [-0.39, 0.29) is 6.61 Å². The summed E-state index contributed by atoms with van der Waals surface area (Å²) < 4.78 is 0. The maximum Gasteiger partial charge on any atom is 0.129 e. The van der Waals surface area contributed by atoms with Crippen molar-refractivity contribution in [2.24, 2.45) is 0 Å². The second-order valence-corrected chi connectivity index (χ2v) is 4.92. The molecular weight excluding hydrogens is 212 g/mol. The van der Waals surface area contributed by atoms with Crippen molar-refractivity contribution in [3.63, 3.8) is 0 Å². The predicted molar refractivity (Wildman–Crippen MR) is 70.2 cm³/mol. The molecule has 1 unspecified atom stereocenters. The molecule has 17 heavy (non-hydrogen) atoms. The summed E-state index contributed by atoms with van der Waals surface area (Å²) in [5.74, 6) is 1.05. The van der Waals surface area contributed by atoms with Gasteiger partial charge in [0.05, 0.1) is 6.61 Å². The van der Waals surface area contributed by atoms with Crippen LogP contribution in [0.15, 0.2) is 12.1 Å². The zero-order chi connectivity index (χ0) is 12.3. The van der Waals surface area contributed by atoms with Crippen LogP contribution in [0.25, 0.3) is 0 Å². The lowest BCUT2D eigenvalue weighted by molar-refractivity contribution is 0.281. The van der Waals surface area contributed by atoms with Crippen molar-refractivity contribution in [1.82, 2.24) is 4.98 Å². The summed E-state index contributed by atoms with van der Waals surface area (Å²) in [6.45, 7) is 5.61. The van der Waals surface area contributed by atoms with Crippen LogP contribution in [0.1, 0.15) is 44.4 Å². The van der Waals surface area contributed by atoms with Gasteiger partial charge in [0.25, 0.3) is 0 Å². The molecule has 1 aliphatic heterocycles. The van der Waals surface area contributed by atoms with Crippen molar-refractivity contribution >= 4 is 5.82 Å². The van der Waals surface area contributed by atoms with E-state index in [0.717, 1.165) is 36.5 Å². The molecule has 1 fully saturated rings. The molecule has 1 aromatic heterocycles. The summed E-state index contributed by atoms with van der Waals surface area (Å²) in [5.41, 5.74) is 2.09. The summed E-state index contributed by atoms with van der Waals surface area (Å²) in [5, 5.41) is 9.32. The zero-order valence-corrected chi connectivity index (χ0v) is 10.8. The van der Waals surface area contributed by atoms with Gasteiger partial charge in [0.1, 0.15) is 5.82 Å². The molecule has 1 aliphatic rings. The van der Waals surface area contributed by atoms with E-state index in [0.29, 0.717) is 6.04 Å². The Morgan fingerprint density at radius 3 is 2.88 bits per heavy atom. The topological polar surface area (TPSA) is 36.4 Å². The minimum absolute atomic E-state index is 0.106. The Balaban J connectivity index is 2.28. The van der Waals surface area contributed by atoms with Crippen molar-refractivity contribution in [2.45, 2.75) is 52.2 Å². The average molecular weight is 234 g/mol. The van der Waals surface area contributed by atoms with Crippen molar-refractivity contribution in [1.29, 1.82) is 0 Å². The van der Waals surface area contributed by atoms with Crippen molar-refractivity contribution in [2.75, 3.05) is 11.4 Å². The van der Waals surface area contributed by atoms with Crippen molar-refractivity contribution < 1.29 is 5.11 Å². The predicted octanol–water partition coefficient (Wildman–Crippen LogP) is 2.52. The highest BCUT2D eigenvalue weighted by atomic mass is 16.3. The molecule has 2 rings (SSSR count). The van der Waals surface area contributed by atoms with Crippen molar-refractivity contribution in [3.05, 3.63) is 23.4 Å². The minimum atomic E-state index is 0.106. The maximum absolute atomic E-state index is 9.32. The molecule has 1 saturated heterocycles. The van der Waals surface area contributed by atoms with Gasteiger partial charge in [0, 0.05) is 18.3 Å². The number of anilines is 1. The fraction of sp³-hybridized carbons (Fsp3) is 0.643. The molecule has 0 aliphatic carbocycles. The molecule has 1 N–H and O–H groups in total. The number of aliphatic hydroxyl groups excluding tert-OH is 1. The molecule has 1 aromatic rings. The van der Waals surface area contributed by atoms with E-state index in [2.05, 4.69) is 18.7 Å². The molecule has 0 bridgehead atoms. The van der Waals surface area contributed by atoms with E-state index < -0.39 is 0 Å². The number of hydrogen-bond acceptors (Lipinski definition) is 3. The van der Waals surface area contributed by atoms with Gasteiger partial charge in [-0.3, -0.25) is 0 Å². The number of aliphatic hydroxyl groups is 1. The Labute approximate surface area is 103 Å². The maximum atomic E-state index is 9.32. The molecule has 0 amide bonds. The van der Waals surface area contributed by atoms with Gasteiger partial charge in [-0.25, -0.2) is 4.98 Å². The van der Waals surface area contributed by atoms with E-state index in [9.17, 15) is 5.11 Å². The van der Waals surface area contributed by atoms with Crippen LogP contribution < -0.4 is 4.90 Å². The number of hydrogen-bond donors (Lipinski definition) is 1. The van der Waals surface area contributed by atoms with Crippen LogP contribution >= 0.6 is 0 Å². The van der Waals surface area contributed by atoms with Gasteiger partial charge >= 0.3 is 0 Å². The van der Waals surface area contributed by atoms with Gasteiger partial charge < -0.3 is 10.0 Å². The third-order valence-electron chi connectivity index (χ3n) is 3.46. The lowest BCUT2D eigenvalue weighted by Crippen LogP contribution is -2.27. The number of nitrogens with zero attached hydrogens (tertiary/aromatic N) is 2. The van der Waals surface area contributed by atoms with Gasteiger partial charge in [-0.1, -0.05) is 13.3 Å². The Hall–Kier alpha value is -1.09. The van der Waals surface area contributed by atoms with E-state index in [4.69, 9.17) is 4.98 Å². The molecule has 0 saturated carbocycles. The van der Waals surface area contributed by atoms with Crippen molar-refractivity contribution in [3.8, 4) is 0 Å². The Kier molecular flexibility index (Phi) is 4.00. The molecular formula is C14H22N2O. The highest BCUT2D eigenvalue weighted by Gasteiger charge is 2.22. The fourth-order valence-electron chi connectivity index (χ4n) is 2.53. The molecule has 94 valence electrons. The van der Waals surface area contributed by atoms with E-state index >= 15 is 0 Å². The van der Waals surface area contributed by atoms with E-state index in [1.807, 2.05) is 12.1 Å². The van der Waals surface area contributed by atoms with Gasteiger partial charge in [0.2, 0.25) is 0 Å². The lowest BCUT2D eigenvalue weighted by Gasteiger charge is -2.23. The average Bonchev–Trinajstić information content (AvgIpc) is 2.75. The molecule has 0 radical (unpaired) electrons. The second-order valence-electron chi connectivity index (χ2n) is 4.92. The minimum Gasteiger partial charge on any atom is -0.392 e. The van der Waals surface area contributed by atoms with Crippen LogP contribution in [0.2, 0.25) is 0 Å². The first kappa shape index (κ1) is 12.4. The molecule has 0 aromatic carbocycles. The molecule has 0 spiro atoms. The van der Waals surface area contributed by atoms with E-state index in [1.165, 1.54) is 12.8 Å². The Morgan fingerprint density at radius 2 is 2.29 bits per heavy atom. The standard InChI is InChI=1S/C14H22N2O/c1-3-5-13-8-12(10-17)9-14(15-13)16-7-4-6-11(16)2/h8-9,11,17H,3-7,10H2,1-2H3. The summed E-state index contributed by atoms with van der Waals surface area (Å²) in [7, 11) is 0. The highest BCUT2D eigenvalue weighted by molar-refractivity contribution is 5.44. The first-order valence-electron chi connectivity index (χ1n) is 6.62. The first-order valence-corrected chi connectivity index (χ1v) is 6.62. The molecule has 3 heteroatoms. The number of rotatable bonds is 4. The second kappa shape index (κ2) is 5.50. The number of pyridine rings is 1.